The van der Waals surface area contributed by atoms with Crippen molar-refractivity contribution < 1.29 is 0 Å². The lowest BCUT2D eigenvalue weighted by Gasteiger charge is -2.19. The van der Waals surface area contributed by atoms with E-state index in [4.69, 9.17) is 0 Å². The molecule has 0 aliphatic rings. The molecule has 1 rings (SSSR count). The Hall–Kier alpha value is -0.430. The summed E-state index contributed by atoms with van der Waals surface area (Å²) in [7, 11) is 0. The van der Waals surface area contributed by atoms with Gasteiger partial charge in [-0.2, -0.15) is 12.6 Å². The average Bonchev–Trinajstić information content (AvgIpc) is 2.14. The molecule has 0 atom stereocenters. The van der Waals surface area contributed by atoms with Crippen LogP contribution in [-0.2, 0) is 11.8 Å². The highest BCUT2D eigenvalue weighted by molar-refractivity contribution is 7.80. The minimum atomic E-state index is 0.266. The van der Waals surface area contributed by atoms with Crippen LogP contribution in [0, 0.1) is 0 Å². The van der Waals surface area contributed by atoms with Crippen LogP contribution in [-0.4, -0.2) is 5.75 Å². The predicted octanol–water partition coefficient (Wildman–Crippen LogP) is 3.85. The highest BCUT2D eigenvalue weighted by atomic mass is 32.1. The third kappa shape index (κ3) is 3.38. The lowest BCUT2D eigenvalue weighted by molar-refractivity contribution is 0.590. The summed E-state index contributed by atoms with van der Waals surface area (Å²) in [5, 5.41) is 0. The SMILES string of the molecule is CC(C)(C)c1ccc(CCCS)cc1. The quantitative estimate of drug-likeness (QED) is 0.717. The summed E-state index contributed by atoms with van der Waals surface area (Å²) in [4.78, 5) is 0. The van der Waals surface area contributed by atoms with E-state index in [2.05, 4.69) is 57.7 Å². The molecule has 0 saturated heterocycles. The maximum Gasteiger partial charge on any atom is -0.00947 e. The van der Waals surface area contributed by atoms with Crippen LogP contribution in [0.3, 0.4) is 0 Å². The van der Waals surface area contributed by atoms with Gasteiger partial charge in [0.15, 0.2) is 0 Å². The Labute approximate surface area is 93.1 Å². The Bertz CT molecular complexity index is 266. The van der Waals surface area contributed by atoms with Crippen molar-refractivity contribution in [2.45, 2.75) is 39.0 Å². The van der Waals surface area contributed by atoms with Crippen LogP contribution in [0.15, 0.2) is 24.3 Å². The summed E-state index contributed by atoms with van der Waals surface area (Å²) < 4.78 is 0. The van der Waals surface area contributed by atoms with Crippen molar-refractivity contribution in [3.05, 3.63) is 35.4 Å². The lowest BCUT2D eigenvalue weighted by atomic mass is 9.86. The molecule has 0 amide bonds. The topological polar surface area (TPSA) is 0 Å². The number of thiol groups is 1. The van der Waals surface area contributed by atoms with Crippen LogP contribution >= 0.6 is 12.6 Å². The lowest BCUT2D eigenvalue weighted by Crippen LogP contribution is -2.10. The maximum atomic E-state index is 4.22. The van der Waals surface area contributed by atoms with Crippen molar-refractivity contribution in [3.63, 3.8) is 0 Å². The summed E-state index contributed by atoms with van der Waals surface area (Å²) in [5.74, 6) is 0.973. The second-order valence-corrected chi connectivity index (χ2v) is 5.22. The first kappa shape index (κ1) is 11.6. The summed E-state index contributed by atoms with van der Waals surface area (Å²) in [6, 6.07) is 8.97. The molecule has 0 spiro atoms. The molecule has 0 aliphatic heterocycles. The molecular formula is C13H20S. The molecular weight excluding hydrogens is 188 g/mol. The summed E-state index contributed by atoms with van der Waals surface area (Å²) >= 11 is 4.22. The van der Waals surface area contributed by atoms with Crippen molar-refractivity contribution in [1.82, 2.24) is 0 Å². The van der Waals surface area contributed by atoms with Gasteiger partial charge in [0.2, 0.25) is 0 Å². The second-order valence-electron chi connectivity index (χ2n) is 4.77. The first-order chi connectivity index (χ1) is 6.54. The molecule has 0 N–H and O–H groups in total. The molecule has 0 aromatic heterocycles. The molecule has 78 valence electrons. The fraction of sp³-hybridized carbons (Fsp3) is 0.538. The van der Waals surface area contributed by atoms with Crippen molar-refractivity contribution in [1.29, 1.82) is 0 Å². The van der Waals surface area contributed by atoms with Crippen LogP contribution in [0.1, 0.15) is 38.3 Å². The molecule has 0 nitrogen and oxygen atoms in total. The van der Waals surface area contributed by atoms with Gasteiger partial charge in [0.05, 0.1) is 0 Å². The molecule has 14 heavy (non-hydrogen) atoms. The van der Waals surface area contributed by atoms with E-state index in [1.54, 1.807) is 0 Å². The van der Waals surface area contributed by atoms with E-state index >= 15 is 0 Å². The molecule has 0 aliphatic carbocycles. The monoisotopic (exact) mass is 208 g/mol. The fourth-order valence-corrected chi connectivity index (χ4v) is 1.61. The van der Waals surface area contributed by atoms with Gasteiger partial charge in [0, 0.05) is 0 Å². The molecule has 0 unspecified atom stereocenters. The summed E-state index contributed by atoms with van der Waals surface area (Å²) in [6.07, 6.45) is 2.31. The average molecular weight is 208 g/mol. The van der Waals surface area contributed by atoms with Gasteiger partial charge in [-0.25, -0.2) is 0 Å². The van der Waals surface area contributed by atoms with Crippen LogP contribution < -0.4 is 0 Å². The molecule has 0 radical (unpaired) electrons. The van der Waals surface area contributed by atoms with Crippen LogP contribution in [0.5, 0.6) is 0 Å². The zero-order chi connectivity index (χ0) is 10.6. The van der Waals surface area contributed by atoms with Crippen molar-refractivity contribution in [3.8, 4) is 0 Å². The molecule has 1 aromatic carbocycles. The number of rotatable bonds is 3. The van der Waals surface area contributed by atoms with Crippen molar-refractivity contribution in [2.75, 3.05) is 5.75 Å². The summed E-state index contributed by atoms with van der Waals surface area (Å²) in [5.41, 5.74) is 3.10. The van der Waals surface area contributed by atoms with Crippen molar-refractivity contribution in [2.24, 2.45) is 0 Å². The standard InChI is InChI=1S/C13H20S/c1-13(2,3)12-8-6-11(7-9-12)5-4-10-14/h6-9,14H,4-5,10H2,1-3H3. The van der Waals surface area contributed by atoms with E-state index in [0.717, 1.165) is 18.6 Å². The van der Waals surface area contributed by atoms with Gasteiger partial charge >= 0.3 is 0 Å². The molecule has 0 bridgehead atoms. The van der Waals surface area contributed by atoms with E-state index in [1.807, 2.05) is 0 Å². The number of aryl methyl sites for hydroxylation is 1. The van der Waals surface area contributed by atoms with Gasteiger partial charge in [-0.15, -0.1) is 0 Å². The van der Waals surface area contributed by atoms with Crippen LogP contribution in [0.25, 0.3) is 0 Å². The van der Waals surface area contributed by atoms with Crippen molar-refractivity contribution >= 4 is 12.6 Å². The van der Waals surface area contributed by atoms with Gasteiger partial charge in [-0.3, -0.25) is 0 Å². The molecule has 0 heterocycles. The van der Waals surface area contributed by atoms with Crippen LogP contribution in [0.2, 0.25) is 0 Å². The molecule has 1 heteroatoms. The number of hydrogen-bond donors (Lipinski definition) is 1. The Morgan fingerprint density at radius 1 is 1.07 bits per heavy atom. The van der Waals surface area contributed by atoms with Gasteiger partial charge in [-0.1, -0.05) is 45.0 Å². The first-order valence-corrected chi connectivity index (χ1v) is 5.87. The maximum absolute atomic E-state index is 4.22. The number of hydrogen-bond acceptors (Lipinski definition) is 1. The highest BCUT2D eigenvalue weighted by Gasteiger charge is 2.12. The first-order valence-electron chi connectivity index (χ1n) is 5.24. The minimum Gasteiger partial charge on any atom is -0.179 e. The van der Waals surface area contributed by atoms with Crippen LogP contribution in [0.4, 0.5) is 0 Å². The largest absolute Gasteiger partial charge is 0.179 e. The zero-order valence-electron chi connectivity index (χ0n) is 9.38. The Morgan fingerprint density at radius 2 is 1.64 bits per heavy atom. The summed E-state index contributed by atoms with van der Waals surface area (Å²) in [6.45, 7) is 6.74. The highest BCUT2D eigenvalue weighted by Crippen LogP contribution is 2.22. The molecule has 0 saturated carbocycles. The zero-order valence-corrected chi connectivity index (χ0v) is 10.3. The van der Waals surface area contributed by atoms with Gasteiger partial charge in [0.25, 0.3) is 0 Å². The normalized spacial score (nSPS) is 11.7. The predicted molar refractivity (Wildman–Crippen MR) is 67.3 cm³/mol. The Morgan fingerprint density at radius 3 is 2.07 bits per heavy atom. The van der Waals surface area contributed by atoms with E-state index in [9.17, 15) is 0 Å². The third-order valence-electron chi connectivity index (χ3n) is 2.44. The van der Waals surface area contributed by atoms with Gasteiger partial charge in [-0.05, 0) is 35.1 Å². The second kappa shape index (κ2) is 4.88. The van der Waals surface area contributed by atoms with E-state index < -0.39 is 0 Å². The third-order valence-corrected chi connectivity index (χ3v) is 2.76. The van der Waals surface area contributed by atoms with Gasteiger partial charge in [0.1, 0.15) is 0 Å². The Balaban J connectivity index is 2.69. The smallest absolute Gasteiger partial charge is 0.00947 e. The number of benzene rings is 1. The molecule has 0 fully saturated rings. The fourth-order valence-electron chi connectivity index (χ4n) is 1.45. The van der Waals surface area contributed by atoms with E-state index in [0.29, 0.717) is 0 Å². The van der Waals surface area contributed by atoms with E-state index in [1.165, 1.54) is 11.1 Å². The van der Waals surface area contributed by atoms with Gasteiger partial charge < -0.3 is 0 Å². The molecule has 1 aromatic rings. The van der Waals surface area contributed by atoms with E-state index in [-0.39, 0.29) is 5.41 Å². The minimum absolute atomic E-state index is 0.266. The Kier molecular flexibility index (Phi) is 4.06.